The van der Waals surface area contributed by atoms with Gasteiger partial charge in [-0.2, -0.15) is 0 Å². The number of carbonyl (C=O) groups is 2. The first-order valence-electron chi connectivity index (χ1n) is 10.2. The van der Waals surface area contributed by atoms with Crippen LogP contribution in [0, 0.1) is 6.92 Å². The number of para-hydroxylation sites is 1. The predicted octanol–water partition coefficient (Wildman–Crippen LogP) is 4.07. The number of nitrogens with zero attached hydrogens (tertiary/aromatic N) is 3. The zero-order valence-corrected chi connectivity index (χ0v) is 17.4. The summed E-state index contributed by atoms with van der Waals surface area (Å²) in [5, 5.41) is 3.89. The second-order valence-corrected chi connectivity index (χ2v) is 7.76. The molecule has 0 fully saturated rings. The van der Waals surface area contributed by atoms with Crippen molar-refractivity contribution in [2.45, 2.75) is 13.0 Å². The second-order valence-electron chi connectivity index (χ2n) is 7.76. The van der Waals surface area contributed by atoms with Crippen molar-refractivity contribution in [3.8, 4) is 0 Å². The van der Waals surface area contributed by atoms with Crippen molar-refractivity contribution in [2.24, 2.45) is 7.05 Å². The minimum absolute atomic E-state index is 0.0581. The van der Waals surface area contributed by atoms with Crippen LogP contribution in [0.3, 0.4) is 0 Å². The number of anilines is 1. The van der Waals surface area contributed by atoms with Gasteiger partial charge in [0.1, 0.15) is 12.4 Å². The van der Waals surface area contributed by atoms with Crippen LogP contribution in [0.15, 0.2) is 72.9 Å². The summed E-state index contributed by atoms with van der Waals surface area (Å²) in [5.74, 6) is 0.0569. The van der Waals surface area contributed by atoms with E-state index in [0.29, 0.717) is 11.4 Å². The lowest BCUT2D eigenvalue weighted by Gasteiger charge is -2.26. The third-order valence-corrected chi connectivity index (χ3v) is 6.03. The van der Waals surface area contributed by atoms with E-state index in [4.69, 9.17) is 0 Å². The van der Waals surface area contributed by atoms with Gasteiger partial charge in [-0.25, -0.2) is 4.98 Å². The molecule has 4 aromatic rings. The molecule has 6 heteroatoms. The van der Waals surface area contributed by atoms with Gasteiger partial charge < -0.3 is 14.8 Å². The molecule has 1 aliphatic heterocycles. The Hall–Kier alpha value is -3.93. The maximum absolute atomic E-state index is 13.3. The summed E-state index contributed by atoms with van der Waals surface area (Å²) < 4.78 is 2.14. The zero-order chi connectivity index (χ0) is 21.5. The van der Waals surface area contributed by atoms with Gasteiger partial charge in [0, 0.05) is 41.0 Å². The van der Waals surface area contributed by atoms with Crippen molar-refractivity contribution in [1.29, 1.82) is 0 Å². The molecular weight excluding hydrogens is 388 g/mol. The Morgan fingerprint density at radius 2 is 1.77 bits per heavy atom. The highest BCUT2D eigenvalue weighted by molar-refractivity contribution is 6.04. The molecule has 0 bridgehead atoms. The van der Waals surface area contributed by atoms with Gasteiger partial charge in [-0.15, -0.1) is 0 Å². The highest BCUT2D eigenvalue weighted by atomic mass is 16.2. The molecule has 0 saturated heterocycles. The summed E-state index contributed by atoms with van der Waals surface area (Å²) in [6.45, 7) is 2.00. The Balaban J connectivity index is 1.59. The van der Waals surface area contributed by atoms with E-state index >= 15 is 0 Å². The molecule has 3 heterocycles. The number of hydrogen-bond acceptors (Lipinski definition) is 3. The minimum atomic E-state index is -0.329. The predicted molar refractivity (Wildman–Crippen MR) is 120 cm³/mol. The molecule has 0 radical (unpaired) electrons. The van der Waals surface area contributed by atoms with E-state index in [1.807, 2.05) is 49.5 Å². The fraction of sp³-hybridized carbons (Fsp3) is 0.160. The summed E-state index contributed by atoms with van der Waals surface area (Å²) in [7, 11) is 2.03. The minimum Gasteiger partial charge on any atom is -0.348 e. The van der Waals surface area contributed by atoms with Crippen LogP contribution in [-0.2, 0) is 11.8 Å². The normalized spacial score (nSPS) is 15.4. The molecule has 2 amide bonds. The number of amides is 2. The Morgan fingerprint density at radius 3 is 2.58 bits per heavy atom. The summed E-state index contributed by atoms with van der Waals surface area (Å²) in [6.07, 6.45) is 1.62. The number of aromatic nitrogens is 2. The first-order valence-corrected chi connectivity index (χ1v) is 10.2. The van der Waals surface area contributed by atoms with E-state index in [9.17, 15) is 9.59 Å². The van der Waals surface area contributed by atoms with Gasteiger partial charge in [0.25, 0.3) is 5.91 Å². The van der Waals surface area contributed by atoms with Gasteiger partial charge >= 0.3 is 0 Å². The van der Waals surface area contributed by atoms with E-state index in [2.05, 4.69) is 33.9 Å². The first kappa shape index (κ1) is 19.1. The van der Waals surface area contributed by atoms with Gasteiger partial charge in [-0.1, -0.05) is 42.5 Å². The lowest BCUT2D eigenvalue weighted by atomic mass is 9.95. The standard InChI is InChI=1S/C25H22N4O2/c1-16-23(19-11-5-6-12-20(19)28(16)2)24-17-9-3-4-10-18(17)25(31)29(24)15-22(30)27-21-13-7-8-14-26-21/h3-14,24H,15H2,1-2H3,(H,26,27,30). The van der Waals surface area contributed by atoms with E-state index in [1.54, 1.807) is 23.2 Å². The highest BCUT2D eigenvalue weighted by Gasteiger charge is 2.40. The average molecular weight is 410 g/mol. The summed E-state index contributed by atoms with van der Waals surface area (Å²) >= 11 is 0. The van der Waals surface area contributed by atoms with Crippen LogP contribution in [0.5, 0.6) is 0 Å². The molecule has 5 rings (SSSR count). The second kappa shape index (κ2) is 7.40. The molecule has 6 nitrogen and oxygen atoms in total. The maximum atomic E-state index is 13.3. The molecule has 31 heavy (non-hydrogen) atoms. The largest absolute Gasteiger partial charge is 0.348 e. The van der Waals surface area contributed by atoms with E-state index < -0.39 is 0 Å². The highest BCUT2D eigenvalue weighted by Crippen LogP contribution is 2.43. The van der Waals surface area contributed by atoms with Gasteiger partial charge in [-0.3, -0.25) is 9.59 Å². The number of pyridine rings is 1. The maximum Gasteiger partial charge on any atom is 0.255 e. The molecular formula is C25H22N4O2. The molecule has 2 aromatic carbocycles. The molecule has 0 aliphatic carbocycles. The zero-order valence-electron chi connectivity index (χ0n) is 17.4. The summed E-state index contributed by atoms with van der Waals surface area (Å²) in [5.41, 5.74) is 4.81. The van der Waals surface area contributed by atoms with E-state index in [1.165, 1.54) is 0 Å². The topological polar surface area (TPSA) is 67.2 Å². The van der Waals surface area contributed by atoms with Crippen molar-refractivity contribution < 1.29 is 9.59 Å². The molecule has 1 N–H and O–H groups in total. The quantitative estimate of drug-likeness (QED) is 0.552. The Labute approximate surface area is 180 Å². The molecule has 2 aromatic heterocycles. The Kier molecular flexibility index (Phi) is 4.55. The molecule has 0 spiro atoms. The third-order valence-electron chi connectivity index (χ3n) is 6.03. The van der Waals surface area contributed by atoms with Crippen LogP contribution >= 0.6 is 0 Å². The molecule has 0 saturated carbocycles. The van der Waals surface area contributed by atoms with Crippen molar-refractivity contribution in [3.63, 3.8) is 0 Å². The van der Waals surface area contributed by atoms with Crippen LogP contribution in [0.25, 0.3) is 10.9 Å². The molecule has 1 aliphatic rings. The number of benzene rings is 2. The monoisotopic (exact) mass is 410 g/mol. The lowest BCUT2D eigenvalue weighted by molar-refractivity contribution is -0.117. The number of fused-ring (bicyclic) bond motifs is 2. The van der Waals surface area contributed by atoms with Crippen LogP contribution in [-0.4, -0.2) is 32.8 Å². The van der Waals surface area contributed by atoms with Gasteiger partial charge in [0.05, 0.1) is 6.04 Å². The molecule has 154 valence electrons. The van der Waals surface area contributed by atoms with Crippen LogP contribution < -0.4 is 5.32 Å². The number of hydrogen-bond donors (Lipinski definition) is 1. The van der Waals surface area contributed by atoms with Gasteiger partial charge in [0.15, 0.2) is 0 Å². The average Bonchev–Trinajstić information content (AvgIpc) is 3.20. The van der Waals surface area contributed by atoms with Crippen LogP contribution in [0.2, 0.25) is 0 Å². The fourth-order valence-electron chi connectivity index (χ4n) is 4.51. The van der Waals surface area contributed by atoms with Crippen molar-refractivity contribution in [1.82, 2.24) is 14.5 Å². The molecule has 1 atom stereocenters. The third kappa shape index (κ3) is 3.08. The van der Waals surface area contributed by atoms with Crippen LogP contribution in [0.1, 0.15) is 33.2 Å². The molecule has 1 unspecified atom stereocenters. The van der Waals surface area contributed by atoms with E-state index in [0.717, 1.165) is 27.7 Å². The SMILES string of the molecule is Cc1c(C2c3ccccc3C(=O)N2CC(=O)Nc2ccccn2)c2ccccc2n1C. The lowest BCUT2D eigenvalue weighted by Crippen LogP contribution is -2.36. The van der Waals surface area contributed by atoms with Gasteiger partial charge in [0.2, 0.25) is 5.91 Å². The number of rotatable bonds is 4. The number of aryl methyl sites for hydroxylation is 1. The smallest absolute Gasteiger partial charge is 0.255 e. The Morgan fingerprint density at radius 1 is 1.03 bits per heavy atom. The van der Waals surface area contributed by atoms with Crippen molar-refractivity contribution >= 4 is 28.5 Å². The first-order chi connectivity index (χ1) is 15.1. The number of nitrogens with one attached hydrogen (secondary N) is 1. The summed E-state index contributed by atoms with van der Waals surface area (Å²) in [6, 6.07) is 20.8. The van der Waals surface area contributed by atoms with E-state index in [-0.39, 0.29) is 24.4 Å². The van der Waals surface area contributed by atoms with Gasteiger partial charge in [-0.05, 0) is 36.8 Å². The van der Waals surface area contributed by atoms with Crippen molar-refractivity contribution in [3.05, 3.63) is 95.3 Å². The Bertz CT molecular complexity index is 1310. The number of carbonyl (C=O) groups excluding carboxylic acids is 2. The van der Waals surface area contributed by atoms with Crippen molar-refractivity contribution in [2.75, 3.05) is 11.9 Å². The fourth-order valence-corrected chi connectivity index (χ4v) is 4.51. The summed E-state index contributed by atoms with van der Waals surface area (Å²) in [4.78, 5) is 32.0. The van der Waals surface area contributed by atoms with Crippen LogP contribution in [0.4, 0.5) is 5.82 Å².